The molecule has 0 radical (unpaired) electrons. The molecule has 1 aromatic carbocycles. The quantitative estimate of drug-likeness (QED) is 0.641. The molecule has 0 aliphatic carbocycles. The van der Waals surface area contributed by atoms with E-state index >= 15 is 0 Å². The van der Waals surface area contributed by atoms with Crippen LogP contribution >= 0.6 is 0 Å². The van der Waals surface area contributed by atoms with Crippen molar-refractivity contribution < 1.29 is 15.3 Å². The number of benzene rings is 1. The van der Waals surface area contributed by atoms with E-state index in [1.165, 1.54) is 0 Å². The molecule has 24 heavy (non-hydrogen) atoms. The highest BCUT2D eigenvalue weighted by atomic mass is 16.3. The second-order valence-electron chi connectivity index (χ2n) is 7.30. The fourth-order valence-electron chi connectivity index (χ4n) is 2.54. The average Bonchev–Trinajstić information content (AvgIpc) is 2.50. The number of phenolic OH excluding ortho intramolecular Hbond substituents is 1. The molecule has 0 saturated carbocycles. The van der Waals surface area contributed by atoms with Crippen LogP contribution in [0.5, 0.6) is 5.75 Å². The van der Waals surface area contributed by atoms with Gasteiger partial charge in [0, 0.05) is 12.8 Å². The fraction of sp³-hybridized carbons (Fsp3) is 0.571. The lowest BCUT2D eigenvalue weighted by molar-refractivity contribution is 0.123. The molecule has 0 unspecified atom stereocenters. The maximum atomic E-state index is 10.4. The van der Waals surface area contributed by atoms with E-state index in [4.69, 9.17) is 0 Å². The highest BCUT2D eigenvalue weighted by Gasteiger charge is 2.14. The third-order valence-electron chi connectivity index (χ3n) is 4.42. The first-order valence-electron chi connectivity index (χ1n) is 8.73. The minimum Gasteiger partial charge on any atom is -0.507 e. The second kappa shape index (κ2) is 9.08. The molecule has 0 fully saturated rings. The largest absolute Gasteiger partial charge is 0.507 e. The van der Waals surface area contributed by atoms with Crippen LogP contribution in [0.4, 0.5) is 0 Å². The van der Waals surface area contributed by atoms with E-state index in [0.717, 1.165) is 22.3 Å². The molecule has 0 saturated heterocycles. The highest BCUT2D eigenvalue weighted by Crippen LogP contribution is 2.27. The summed E-state index contributed by atoms with van der Waals surface area (Å²) >= 11 is 0. The molecule has 134 valence electrons. The van der Waals surface area contributed by atoms with Crippen LogP contribution in [0.1, 0.15) is 63.3 Å². The molecule has 2 atom stereocenters. The Bertz CT molecular complexity index is 585. The predicted octanol–water partition coefficient (Wildman–Crippen LogP) is 4.58. The normalized spacial score (nSPS) is 13.8. The molecule has 3 N–H and O–H groups in total. The summed E-state index contributed by atoms with van der Waals surface area (Å²) in [7, 11) is 0. The van der Waals surface area contributed by atoms with E-state index in [-0.39, 0.29) is 17.8 Å². The van der Waals surface area contributed by atoms with Crippen LogP contribution in [0.3, 0.4) is 0 Å². The molecule has 0 heterocycles. The number of hydrogen-bond donors (Lipinski definition) is 3. The van der Waals surface area contributed by atoms with Crippen LogP contribution in [0.2, 0.25) is 0 Å². The number of phenols is 1. The fourth-order valence-corrected chi connectivity index (χ4v) is 2.54. The van der Waals surface area contributed by atoms with Gasteiger partial charge in [-0.05, 0) is 66.2 Å². The number of aryl methyl sites for hydroxylation is 2. The van der Waals surface area contributed by atoms with Crippen LogP contribution in [-0.4, -0.2) is 21.4 Å². The van der Waals surface area contributed by atoms with Crippen molar-refractivity contribution in [1.29, 1.82) is 0 Å². The van der Waals surface area contributed by atoms with Gasteiger partial charge in [-0.2, -0.15) is 0 Å². The first kappa shape index (κ1) is 20.5. The van der Waals surface area contributed by atoms with Crippen molar-refractivity contribution in [2.75, 3.05) is 0 Å². The van der Waals surface area contributed by atoms with Gasteiger partial charge in [0.05, 0.1) is 12.2 Å². The van der Waals surface area contributed by atoms with Gasteiger partial charge in [-0.3, -0.25) is 0 Å². The maximum absolute atomic E-state index is 10.4. The lowest BCUT2D eigenvalue weighted by Gasteiger charge is -2.17. The molecule has 0 spiro atoms. The molecule has 3 heteroatoms. The van der Waals surface area contributed by atoms with Gasteiger partial charge < -0.3 is 15.3 Å². The van der Waals surface area contributed by atoms with Gasteiger partial charge in [0.15, 0.2) is 0 Å². The van der Waals surface area contributed by atoms with Crippen molar-refractivity contribution in [3.63, 3.8) is 0 Å². The molecule has 0 aromatic heterocycles. The lowest BCUT2D eigenvalue weighted by Crippen LogP contribution is -2.16. The zero-order valence-electron chi connectivity index (χ0n) is 15.8. The van der Waals surface area contributed by atoms with Gasteiger partial charge in [-0.25, -0.2) is 0 Å². The van der Waals surface area contributed by atoms with Crippen molar-refractivity contribution in [3.8, 4) is 5.75 Å². The molecule has 1 aromatic rings. The number of hydrogen-bond acceptors (Lipinski definition) is 3. The summed E-state index contributed by atoms with van der Waals surface area (Å²) in [6, 6.07) is 3.63. The van der Waals surface area contributed by atoms with E-state index < -0.39 is 6.10 Å². The van der Waals surface area contributed by atoms with E-state index in [1.54, 1.807) is 0 Å². The van der Waals surface area contributed by atoms with Gasteiger partial charge in [-0.15, -0.1) is 5.73 Å². The van der Waals surface area contributed by atoms with E-state index in [1.807, 2.05) is 45.9 Å². The van der Waals surface area contributed by atoms with Crippen LogP contribution in [-0.2, 0) is 0 Å². The van der Waals surface area contributed by atoms with Crippen LogP contribution in [0.15, 0.2) is 29.5 Å². The highest BCUT2D eigenvalue weighted by molar-refractivity contribution is 5.42. The minimum absolute atomic E-state index is 0.217. The van der Waals surface area contributed by atoms with Crippen molar-refractivity contribution in [1.82, 2.24) is 0 Å². The van der Waals surface area contributed by atoms with Crippen LogP contribution in [0.25, 0.3) is 0 Å². The van der Waals surface area contributed by atoms with Gasteiger partial charge in [-0.1, -0.05) is 27.7 Å². The van der Waals surface area contributed by atoms with Gasteiger partial charge in [0.25, 0.3) is 0 Å². The van der Waals surface area contributed by atoms with Gasteiger partial charge in [0.1, 0.15) is 5.75 Å². The number of aromatic hydroxyl groups is 1. The summed E-state index contributed by atoms with van der Waals surface area (Å²) in [6.07, 6.45) is 1.93. The Morgan fingerprint density at radius 1 is 1.08 bits per heavy atom. The predicted molar refractivity (Wildman–Crippen MR) is 99.1 cm³/mol. The topological polar surface area (TPSA) is 60.7 Å². The maximum Gasteiger partial charge on any atom is 0.121 e. The van der Waals surface area contributed by atoms with E-state index in [9.17, 15) is 15.3 Å². The Balaban J connectivity index is 2.88. The minimum atomic E-state index is -0.626. The monoisotopic (exact) mass is 332 g/mol. The number of rotatable bonds is 7. The van der Waals surface area contributed by atoms with Crippen molar-refractivity contribution in [2.45, 2.75) is 66.6 Å². The molecular formula is C21H32O3. The van der Waals surface area contributed by atoms with Crippen LogP contribution in [0, 0.1) is 25.7 Å². The Hall–Kier alpha value is -1.54. The third-order valence-corrected chi connectivity index (χ3v) is 4.42. The summed E-state index contributed by atoms with van der Waals surface area (Å²) in [4.78, 5) is 0. The Morgan fingerprint density at radius 3 is 2.08 bits per heavy atom. The second-order valence-corrected chi connectivity index (χ2v) is 7.30. The molecule has 0 bridgehead atoms. The summed E-state index contributed by atoms with van der Waals surface area (Å²) in [5, 5.41) is 30.3. The molecule has 0 aliphatic rings. The Labute approximate surface area is 146 Å². The molecular weight excluding hydrogens is 300 g/mol. The van der Waals surface area contributed by atoms with Crippen molar-refractivity contribution in [3.05, 3.63) is 46.2 Å². The van der Waals surface area contributed by atoms with Crippen molar-refractivity contribution >= 4 is 0 Å². The summed E-state index contributed by atoms with van der Waals surface area (Å²) in [5.41, 5.74) is 6.68. The standard InChI is InChI=1S/C21H32O3/c1-13(2)17(12-20(23)14(3)4)8-7-9-19(22)18-10-15(5)21(24)16(6)11-18/h7,10-11,13-14,19-20,22-24H,9,12H2,1-6H3/t8?,19-,20-/m1/s1. The first-order valence-corrected chi connectivity index (χ1v) is 8.73. The molecule has 0 aliphatic heterocycles. The Kier molecular flexibility index (Phi) is 7.75. The first-order chi connectivity index (χ1) is 11.1. The average molecular weight is 332 g/mol. The third kappa shape index (κ3) is 5.83. The number of aliphatic hydroxyl groups is 2. The zero-order chi connectivity index (χ0) is 18.4. The smallest absolute Gasteiger partial charge is 0.121 e. The van der Waals surface area contributed by atoms with Crippen LogP contribution < -0.4 is 0 Å². The van der Waals surface area contributed by atoms with E-state index in [2.05, 4.69) is 19.6 Å². The molecule has 0 amide bonds. The SMILES string of the molecule is Cc1cc([C@H](O)CC=C=C(C[C@@H](O)C(C)C)C(C)C)cc(C)c1O. The van der Waals surface area contributed by atoms with E-state index in [0.29, 0.717) is 18.8 Å². The van der Waals surface area contributed by atoms with Gasteiger partial charge in [0.2, 0.25) is 0 Å². The van der Waals surface area contributed by atoms with Gasteiger partial charge >= 0.3 is 0 Å². The molecule has 3 nitrogen and oxygen atoms in total. The lowest BCUT2D eigenvalue weighted by atomic mass is 9.93. The summed E-state index contributed by atoms with van der Waals surface area (Å²) < 4.78 is 0. The Morgan fingerprint density at radius 2 is 1.62 bits per heavy atom. The molecule has 1 rings (SSSR count). The summed E-state index contributed by atoms with van der Waals surface area (Å²) in [5.74, 6) is 0.810. The van der Waals surface area contributed by atoms with Crippen molar-refractivity contribution in [2.24, 2.45) is 11.8 Å². The number of aliphatic hydroxyl groups excluding tert-OH is 2. The summed E-state index contributed by atoms with van der Waals surface area (Å²) in [6.45, 7) is 11.9. The zero-order valence-corrected chi connectivity index (χ0v) is 15.8.